The zero-order chi connectivity index (χ0) is 16.7. The van der Waals surface area contributed by atoms with Crippen LogP contribution in [0.5, 0.6) is 0 Å². The third-order valence-electron chi connectivity index (χ3n) is 3.49. The molecule has 2 rings (SSSR count). The van der Waals surface area contributed by atoms with E-state index in [2.05, 4.69) is 10.0 Å². The molecular formula is C17H16FN3O2. The van der Waals surface area contributed by atoms with Gasteiger partial charge in [0.25, 0.3) is 0 Å². The number of benzene rings is 2. The smallest absolute Gasteiger partial charge is 0.338 e. The summed E-state index contributed by atoms with van der Waals surface area (Å²) in [7, 11) is 1.33. The predicted molar refractivity (Wildman–Crippen MR) is 84.4 cm³/mol. The molecule has 0 fully saturated rings. The second-order valence-electron chi connectivity index (χ2n) is 5.00. The van der Waals surface area contributed by atoms with Crippen molar-refractivity contribution in [2.45, 2.75) is 19.4 Å². The summed E-state index contributed by atoms with van der Waals surface area (Å²) >= 11 is 0. The first-order valence-electron chi connectivity index (χ1n) is 7.09. The highest BCUT2D eigenvalue weighted by Gasteiger charge is 2.12. The summed E-state index contributed by atoms with van der Waals surface area (Å²) in [4.78, 5) is 14.7. The normalized spacial score (nSPS) is 10.0. The average molecular weight is 313 g/mol. The first-order valence-corrected chi connectivity index (χ1v) is 7.09. The Morgan fingerprint density at radius 2 is 1.87 bits per heavy atom. The molecule has 0 atom stereocenters. The van der Waals surface area contributed by atoms with Gasteiger partial charge in [-0.2, -0.15) is 0 Å². The lowest BCUT2D eigenvalue weighted by atomic mass is 9.97. The van der Waals surface area contributed by atoms with Gasteiger partial charge in [-0.15, -0.1) is 0 Å². The minimum Gasteiger partial charge on any atom is -0.465 e. The van der Waals surface area contributed by atoms with Crippen molar-refractivity contribution >= 4 is 5.97 Å². The Balaban J connectivity index is 2.20. The molecule has 5 nitrogen and oxygen atoms in total. The number of azide groups is 1. The number of halogens is 1. The fraction of sp³-hybridized carbons (Fsp3) is 0.235. The molecule has 0 aliphatic rings. The number of esters is 1. The van der Waals surface area contributed by atoms with E-state index in [0.717, 1.165) is 16.7 Å². The van der Waals surface area contributed by atoms with Crippen LogP contribution in [0.3, 0.4) is 0 Å². The molecule has 2 aromatic rings. The lowest BCUT2D eigenvalue weighted by Gasteiger charge is -2.10. The van der Waals surface area contributed by atoms with Crippen molar-refractivity contribution in [3.8, 4) is 0 Å². The van der Waals surface area contributed by atoms with Gasteiger partial charge in [0.05, 0.1) is 19.2 Å². The topological polar surface area (TPSA) is 75.1 Å². The summed E-state index contributed by atoms with van der Waals surface area (Å²) in [5.74, 6) is -0.701. The zero-order valence-electron chi connectivity index (χ0n) is 12.7. The van der Waals surface area contributed by atoms with Crippen molar-refractivity contribution in [3.63, 3.8) is 0 Å². The maximum absolute atomic E-state index is 12.9. The molecule has 0 saturated heterocycles. The Kier molecular flexibility index (Phi) is 5.72. The maximum atomic E-state index is 12.9. The van der Waals surface area contributed by atoms with Crippen LogP contribution in [0, 0.1) is 5.82 Å². The van der Waals surface area contributed by atoms with E-state index in [9.17, 15) is 9.18 Å². The van der Waals surface area contributed by atoms with Crippen LogP contribution in [0.15, 0.2) is 47.6 Å². The fourth-order valence-corrected chi connectivity index (χ4v) is 2.28. The van der Waals surface area contributed by atoms with E-state index < -0.39 is 5.97 Å². The Labute approximate surface area is 133 Å². The molecule has 0 bridgehead atoms. The first-order chi connectivity index (χ1) is 11.1. The third kappa shape index (κ3) is 4.56. The Hall–Kier alpha value is -2.85. The van der Waals surface area contributed by atoms with E-state index in [1.807, 2.05) is 12.1 Å². The fourth-order valence-electron chi connectivity index (χ4n) is 2.28. The van der Waals surface area contributed by atoms with E-state index in [-0.39, 0.29) is 12.4 Å². The number of hydrogen-bond acceptors (Lipinski definition) is 3. The molecule has 0 N–H and O–H groups in total. The average Bonchev–Trinajstić information content (AvgIpc) is 2.59. The molecular weight excluding hydrogens is 297 g/mol. The molecule has 118 valence electrons. The molecule has 23 heavy (non-hydrogen) atoms. The number of methoxy groups -OCH3 is 1. The Bertz CT molecular complexity index is 738. The van der Waals surface area contributed by atoms with Crippen molar-refractivity contribution in [1.82, 2.24) is 0 Å². The molecule has 0 spiro atoms. The van der Waals surface area contributed by atoms with Crippen LogP contribution in [0.25, 0.3) is 10.4 Å². The van der Waals surface area contributed by atoms with Gasteiger partial charge >= 0.3 is 5.97 Å². The van der Waals surface area contributed by atoms with Gasteiger partial charge in [0.15, 0.2) is 0 Å². The molecule has 0 radical (unpaired) electrons. The van der Waals surface area contributed by atoms with E-state index in [4.69, 9.17) is 10.3 Å². The van der Waals surface area contributed by atoms with Gasteiger partial charge in [0.2, 0.25) is 0 Å². The summed E-state index contributed by atoms with van der Waals surface area (Å²) < 4.78 is 17.7. The van der Waals surface area contributed by atoms with Gasteiger partial charge in [-0.3, -0.25) is 0 Å². The van der Waals surface area contributed by atoms with Gasteiger partial charge < -0.3 is 4.74 Å². The maximum Gasteiger partial charge on any atom is 0.338 e. The standard InChI is InChI=1S/C17H16FN3O2/c1-23-17(22)16-10-13(11-20-21-19)3-7-14(16)6-2-12-4-8-15(18)9-5-12/h3-5,7-10H,2,6,11H2,1H3. The van der Waals surface area contributed by atoms with Crippen LogP contribution >= 0.6 is 0 Å². The molecule has 0 aliphatic heterocycles. The molecule has 0 amide bonds. The van der Waals surface area contributed by atoms with Gasteiger partial charge in [0.1, 0.15) is 5.82 Å². The molecule has 2 aromatic carbocycles. The summed E-state index contributed by atoms with van der Waals surface area (Å²) in [6.45, 7) is 0.179. The van der Waals surface area contributed by atoms with E-state index >= 15 is 0 Å². The Morgan fingerprint density at radius 3 is 2.52 bits per heavy atom. The van der Waals surface area contributed by atoms with Gasteiger partial charge in [0, 0.05) is 4.91 Å². The van der Waals surface area contributed by atoms with Crippen molar-refractivity contribution in [2.24, 2.45) is 5.11 Å². The zero-order valence-corrected chi connectivity index (χ0v) is 12.7. The second kappa shape index (κ2) is 7.96. The quantitative estimate of drug-likeness (QED) is 0.347. The summed E-state index contributed by atoms with van der Waals surface area (Å²) in [6.07, 6.45) is 1.30. The predicted octanol–water partition coefficient (Wildman–Crippen LogP) is 4.21. The highest BCUT2D eigenvalue weighted by molar-refractivity contribution is 5.91. The van der Waals surface area contributed by atoms with Crippen LogP contribution < -0.4 is 0 Å². The van der Waals surface area contributed by atoms with Crippen molar-refractivity contribution in [3.05, 3.63) is 81.0 Å². The third-order valence-corrected chi connectivity index (χ3v) is 3.49. The van der Waals surface area contributed by atoms with E-state index in [0.29, 0.717) is 18.4 Å². The van der Waals surface area contributed by atoms with Gasteiger partial charge in [-0.25, -0.2) is 9.18 Å². The number of hydrogen-bond donors (Lipinski definition) is 0. The van der Waals surface area contributed by atoms with E-state index in [1.54, 1.807) is 18.2 Å². The monoisotopic (exact) mass is 313 g/mol. The highest BCUT2D eigenvalue weighted by atomic mass is 19.1. The van der Waals surface area contributed by atoms with Crippen molar-refractivity contribution < 1.29 is 13.9 Å². The molecule has 0 aliphatic carbocycles. The van der Waals surface area contributed by atoms with Crippen molar-refractivity contribution in [1.29, 1.82) is 0 Å². The van der Waals surface area contributed by atoms with Crippen LogP contribution in [-0.4, -0.2) is 13.1 Å². The number of ether oxygens (including phenoxy) is 1. The molecule has 0 unspecified atom stereocenters. The molecule has 0 aromatic heterocycles. The number of aryl methyl sites for hydroxylation is 2. The van der Waals surface area contributed by atoms with Crippen LogP contribution in [0.4, 0.5) is 4.39 Å². The minimum absolute atomic E-state index is 0.179. The number of nitrogens with zero attached hydrogens (tertiary/aromatic N) is 3. The van der Waals surface area contributed by atoms with E-state index in [1.165, 1.54) is 19.2 Å². The van der Waals surface area contributed by atoms with Gasteiger partial charge in [-0.1, -0.05) is 29.4 Å². The molecule has 6 heteroatoms. The molecule has 0 saturated carbocycles. The highest BCUT2D eigenvalue weighted by Crippen LogP contribution is 2.17. The lowest BCUT2D eigenvalue weighted by molar-refractivity contribution is 0.0599. The first kappa shape index (κ1) is 16.5. The van der Waals surface area contributed by atoms with Crippen LogP contribution in [-0.2, 0) is 24.1 Å². The summed E-state index contributed by atoms with van der Waals surface area (Å²) in [5, 5.41) is 3.49. The van der Waals surface area contributed by atoms with Crippen LogP contribution in [0.2, 0.25) is 0 Å². The van der Waals surface area contributed by atoms with Crippen molar-refractivity contribution in [2.75, 3.05) is 7.11 Å². The summed E-state index contributed by atoms with van der Waals surface area (Å²) in [6, 6.07) is 11.6. The number of carbonyl (C=O) groups is 1. The minimum atomic E-state index is -0.429. The Morgan fingerprint density at radius 1 is 1.17 bits per heavy atom. The number of carbonyl (C=O) groups excluding carboxylic acids is 1. The summed E-state index contributed by atoms with van der Waals surface area (Å²) in [5.41, 5.74) is 11.4. The van der Waals surface area contributed by atoms with Crippen LogP contribution in [0.1, 0.15) is 27.0 Å². The second-order valence-corrected chi connectivity index (χ2v) is 5.00. The molecule has 0 heterocycles. The lowest BCUT2D eigenvalue weighted by Crippen LogP contribution is -2.07. The number of rotatable bonds is 6. The largest absolute Gasteiger partial charge is 0.465 e. The SMILES string of the molecule is COC(=O)c1cc(CN=[N+]=[N-])ccc1CCc1ccc(F)cc1. The van der Waals surface area contributed by atoms with Gasteiger partial charge in [-0.05, 0) is 53.3 Å².